The van der Waals surface area contributed by atoms with Crippen LogP contribution in [-0.2, 0) is 25.9 Å². The first kappa shape index (κ1) is 28.8. The number of nitrogens with zero attached hydrogens (tertiary/aromatic N) is 3. The number of hydroxylamine groups is 1. The van der Waals surface area contributed by atoms with Crippen LogP contribution in [0.15, 0.2) is 65.8 Å². The number of benzene rings is 2. The van der Waals surface area contributed by atoms with Gasteiger partial charge >= 0.3 is 0 Å². The van der Waals surface area contributed by atoms with Gasteiger partial charge in [0.15, 0.2) is 14.6 Å². The summed E-state index contributed by atoms with van der Waals surface area (Å²) in [6, 6.07) is 14.4. The normalized spacial score (nSPS) is 15.7. The summed E-state index contributed by atoms with van der Waals surface area (Å²) in [4.78, 5) is 14.7. The van der Waals surface area contributed by atoms with Crippen molar-refractivity contribution in [3.8, 4) is 16.9 Å². The molecule has 1 aliphatic rings. The van der Waals surface area contributed by atoms with Gasteiger partial charge in [-0.15, -0.1) is 0 Å². The van der Waals surface area contributed by atoms with E-state index in [4.69, 9.17) is 9.47 Å². The van der Waals surface area contributed by atoms with Gasteiger partial charge in [0.1, 0.15) is 5.75 Å². The minimum absolute atomic E-state index is 0.0176. The van der Waals surface area contributed by atoms with Gasteiger partial charge in [-0.1, -0.05) is 29.8 Å². The summed E-state index contributed by atoms with van der Waals surface area (Å²) in [6.07, 6.45) is 4.72. The van der Waals surface area contributed by atoms with Gasteiger partial charge in [-0.25, -0.2) is 13.9 Å². The number of carbonyl (C=O) groups is 1. The third-order valence-electron chi connectivity index (χ3n) is 7.22. The lowest BCUT2D eigenvalue weighted by molar-refractivity contribution is -0.133. The van der Waals surface area contributed by atoms with Crippen LogP contribution < -0.4 is 10.2 Å². The second-order valence-electron chi connectivity index (χ2n) is 9.81. The third kappa shape index (κ3) is 6.50. The van der Waals surface area contributed by atoms with Crippen molar-refractivity contribution in [3.05, 3.63) is 66.5 Å². The smallest absolute Gasteiger partial charge is 0.265 e. The molecule has 0 atom stereocenters. The highest BCUT2D eigenvalue weighted by Gasteiger charge is 2.52. The van der Waals surface area contributed by atoms with E-state index in [-0.39, 0.29) is 17.7 Å². The van der Waals surface area contributed by atoms with E-state index in [0.717, 1.165) is 11.1 Å². The van der Waals surface area contributed by atoms with E-state index in [0.29, 0.717) is 51.6 Å². The maximum atomic E-state index is 13.6. The van der Waals surface area contributed by atoms with Crippen molar-refractivity contribution < 1.29 is 27.9 Å². The molecule has 0 bridgehead atoms. The van der Waals surface area contributed by atoms with E-state index in [1.54, 1.807) is 24.7 Å². The quantitative estimate of drug-likeness (QED) is 0.198. The number of rotatable bonds is 12. The zero-order chi connectivity index (χ0) is 27.9. The summed E-state index contributed by atoms with van der Waals surface area (Å²) in [5.74, 6) is -0.372. The zero-order valence-electron chi connectivity index (χ0n) is 22.4. The zero-order valence-corrected chi connectivity index (χ0v) is 23.2. The van der Waals surface area contributed by atoms with E-state index >= 15 is 0 Å². The summed E-state index contributed by atoms with van der Waals surface area (Å²) in [5, 5.41) is 13.8. The Kier molecular flexibility index (Phi) is 9.39. The molecule has 3 aromatic rings. The highest BCUT2D eigenvalue weighted by atomic mass is 32.2. The molecule has 0 unspecified atom stereocenters. The molecule has 2 N–H and O–H groups in total. The predicted octanol–water partition coefficient (Wildman–Crippen LogP) is 3.09. The fourth-order valence-electron chi connectivity index (χ4n) is 4.89. The SMILES string of the molecule is COCCN1CCC(C(=O)NO)(S(=O)(=O)c2ccc(OCCCn3cc(-c4cccc(C)c4)cn3)cc2)CC1. The highest BCUT2D eigenvalue weighted by Crippen LogP contribution is 2.36. The summed E-state index contributed by atoms with van der Waals surface area (Å²) >= 11 is 0. The number of methoxy groups -OCH3 is 1. The number of likely N-dealkylation sites (tertiary alicyclic amines) is 1. The van der Waals surface area contributed by atoms with Crippen molar-refractivity contribution in [2.75, 3.05) is 40.0 Å². The van der Waals surface area contributed by atoms with E-state index in [9.17, 15) is 18.4 Å². The molecule has 1 aromatic heterocycles. The van der Waals surface area contributed by atoms with Crippen LogP contribution in [0, 0.1) is 6.92 Å². The molecule has 11 heteroatoms. The Hall–Kier alpha value is -3.25. The minimum Gasteiger partial charge on any atom is -0.494 e. The van der Waals surface area contributed by atoms with Gasteiger partial charge in [0.2, 0.25) is 0 Å². The van der Waals surface area contributed by atoms with Crippen LogP contribution in [0.2, 0.25) is 0 Å². The van der Waals surface area contributed by atoms with Crippen LogP contribution >= 0.6 is 0 Å². The van der Waals surface area contributed by atoms with Crippen LogP contribution in [0.3, 0.4) is 0 Å². The van der Waals surface area contributed by atoms with Gasteiger partial charge in [0.05, 0.1) is 24.3 Å². The number of aryl methyl sites for hydroxylation is 2. The van der Waals surface area contributed by atoms with E-state index in [1.165, 1.54) is 17.7 Å². The number of ether oxygens (including phenoxy) is 2. The largest absolute Gasteiger partial charge is 0.494 e. The Morgan fingerprint density at radius 1 is 1.08 bits per heavy atom. The molecule has 0 radical (unpaired) electrons. The van der Waals surface area contributed by atoms with Crippen LogP contribution in [0.25, 0.3) is 11.1 Å². The van der Waals surface area contributed by atoms with Gasteiger partial charge in [0.25, 0.3) is 5.91 Å². The fraction of sp³-hybridized carbons (Fsp3) is 0.429. The number of carbonyl (C=O) groups excluding carboxylic acids is 1. The molecule has 0 saturated carbocycles. The maximum absolute atomic E-state index is 13.6. The first-order chi connectivity index (χ1) is 18.8. The molecule has 210 valence electrons. The van der Waals surface area contributed by atoms with Crippen LogP contribution in [-0.4, -0.2) is 78.9 Å². The molecule has 1 aliphatic heterocycles. The van der Waals surface area contributed by atoms with Crippen molar-refractivity contribution in [2.24, 2.45) is 0 Å². The van der Waals surface area contributed by atoms with Gasteiger partial charge in [-0.05, 0) is 49.6 Å². The Labute approximate surface area is 229 Å². The number of hydrogen-bond acceptors (Lipinski definition) is 8. The average molecular weight is 557 g/mol. The Morgan fingerprint density at radius 2 is 1.82 bits per heavy atom. The number of aromatic nitrogens is 2. The van der Waals surface area contributed by atoms with Gasteiger partial charge in [0, 0.05) is 51.5 Å². The fourth-order valence-corrected chi connectivity index (χ4v) is 6.85. The van der Waals surface area contributed by atoms with Gasteiger partial charge in [-0.2, -0.15) is 5.10 Å². The number of hydrogen-bond donors (Lipinski definition) is 2. The Morgan fingerprint density at radius 3 is 2.49 bits per heavy atom. The summed E-state index contributed by atoms with van der Waals surface area (Å²) < 4.78 is 38.3. The molecule has 0 spiro atoms. The summed E-state index contributed by atoms with van der Waals surface area (Å²) in [5.41, 5.74) is 4.97. The van der Waals surface area contributed by atoms with Crippen LogP contribution in [0.1, 0.15) is 24.8 Å². The standard InChI is InChI=1S/C28H36N4O6S/c1-22-5-3-6-23(19-22)24-20-29-32(21-24)13-4-17-38-25-7-9-26(10-8-25)39(35,36)28(27(33)30-34)11-14-31(15-12-28)16-18-37-2/h3,5-10,19-21,34H,4,11-18H2,1-2H3,(H,30,33). The van der Waals surface area contributed by atoms with Gasteiger partial charge < -0.3 is 14.4 Å². The van der Waals surface area contributed by atoms with Crippen molar-refractivity contribution in [1.29, 1.82) is 0 Å². The number of amides is 1. The highest BCUT2D eigenvalue weighted by molar-refractivity contribution is 7.93. The Balaban J connectivity index is 1.34. The predicted molar refractivity (Wildman–Crippen MR) is 146 cm³/mol. The maximum Gasteiger partial charge on any atom is 0.265 e. The van der Waals surface area contributed by atoms with E-state index < -0.39 is 20.5 Å². The lowest BCUT2D eigenvalue weighted by atomic mass is 9.95. The van der Waals surface area contributed by atoms with Crippen LogP contribution in [0.5, 0.6) is 5.75 Å². The molecular weight excluding hydrogens is 520 g/mol. The first-order valence-electron chi connectivity index (χ1n) is 13.0. The minimum atomic E-state index is -4.08. The van der Waals surface area contributed by atoms with E-state index in [1.807, 2.05) is 28.0 Å². The Bertz CT molecular complexity index is 1350. The van der Waals surface area contributed by atoms with Crippen molar-refractivity contribution >= 4 is 15.7 Å². The lowest BCUT2D eigenvalue weighted by Gasteiger charge is -2.39. The van der Waals surface area contributed by atoms with Crippen molar-refractivity contribution in [3.63, 3.8) is 0 Å². The summed E-state index contributed by atoms with van der Waals surface area (Å²) in [7, 11) is -2.47. The molecule has 1 fully saturated rings. The molecule has 2 aromatic carbocycles. The molecule has 1 amide bonds. The molecule has 1 saturated heterocycles. The number of sulfone groups is 1. The topological polar surface area (TPSA) is 123 Å². The monoisotopic (exact) mass is 556 g/mol. The molecule has 4 rings (SSSR count). The second-order valence-corrected chi connectivity index (χ2v) is 12.1. The molecule has 10 nitrogen and oxygen atoms in total. The summed E-state index contributed by atoms with van der Waals surface area (Å²) in [6.45, 7) is 5.14. The molecule has 39 heavy (non-hydrogen) atoms. The molecule has 0 aliphatic carbocycles. The van der Waals surface area contributed by atoms with Crippen molar-refractivity contribution in [2.45, 2.75) is 42.4 Å². The molecule has 2 heterocycles. The number of piperidine rings is 1. The lowest BCUT2D eigenvalue weighted by Crippen LogP contribution is -2.57. The van der Waals surface area contributed by atoms with Gasteiger partial charge in [-0.3, -0.25) is 14.7 Å². The number of nitrogens with one attached hydrogen (secondary N) is 1. The van der Waals surface area contributed by atoms with E-state index in [2.05, 4.69) is 30.2 Å². The first-order valence-corrected chi connectivity index (χ1v) is 14.5. The second kappa shape index (κ2) is 12.7. The average Bonchev–Trinajstić information content (AvgIpc) is 3.43. The van der Waals surface area contributed by atoms with Crippen molar-refractivity contribution in [1.82, 2.24) is 20.2 Å². The molecular formula is C28H36N4O6S. The van der Waals surface area contributed by atoms with Crippen LogP contribution in [0.4, 0.5) is 0 Å². The third-order valence-corrected chi connectivity index (χ3v) is 9.74.